The summed E-state index contributed by atoms with van der Waals surface area (Å²) in [4.78, 5) is 12.2. The molecule has 118 valence electrons. The molecule has 0 radical (unpaired) electrons. The Morgan fingerprint density at radius 3 is 2.52 bits per heavy atom. The van der Waals surface area contributed by atoms with Crippen LogP contribution >= 0.6 is 0 Å². The van der Waals surface area contributed by atoms with E-state index in [1.807, 2.05) is 13.8 Å². The Kier molecular flexibility index (Phi) is 6.36. The van der Waals surface area contributed by atoms with E-state index in [1.165, 1.54) is 12.1 Å². The normalized spacial score (nSPS) is 13.0. The monoisotopic (exact) mass is 312 g/mol. The van der Waals surface area contributed by atoms with Crippen molar-refractivity contribution in [3.63, 3.8) is 0 Å². The standard InChI is InChI=1S/C15H24N2O3S/c1-5-9-16-15(18)14-10-13(8-7-11(14)3)21(19,20)17-12(4)6-2/h7-8,10,12,17H,5-6,9H2,1-4H3,(H,16,18)/t12-/m1/s1. The lowest BCUT2D eigenvalue weighted by molar-refractivity contribution is 0.0953. The molecule has 0 unspecified atom stereocenters. The smallest absolute Gasteiger partial charge is 0.251 e. The highest BCUT2D eigenvalue weighted by atomic mass is 32.2. The summed E-state index contributed by atoms with van der Waals surface area (Å²) in [5, 5.41) is 2.77. The molecule has 1 aromatic rings. The Hall–Kier alpha value is -1.40. The third-order valence-corrected chi connectivity index (χ3v) is 4.86. The van der Waals surface area contributed by atoms with Crippen LogP contribution in [0.1, 0.15) is 49.5 Å². The van der Waals surface area contributed by atoms with E-state index < -0.39 is 10.0 Å². The molecular weight excluding hydrogens is 288 g/mol. The van der Waals surface area contributed by atoms with Crippen LogP contribution in [0.2, 0.25) is 0 Å². The summed E-state index contributed by atoms with van der Waals surface area (Å²) in [6.07, 6.45) is 1.54. The average molecular weight is 312 g/mol. The van der Waals surface area contributed by atoms with Gasteiger partial charge in [-0.15, -0.1) is 0 Å². The van der Waals surface area contributed by atoms with Crippen LogP contribution in [0, 0.1) is 6.92 Å². The lowest BCUT2D eigenvalue weighted by Gasteiger charge is -2.14. The first kappa shape index (κ1) is 17.7. The van der Waals surface area contributed by atoms with Crippen molar-refractivity contribution >= 4 is 15.9 Å². The maximum atomic E-state index is 12.3. The Morgan fingerprint density at radius 2 is 1.95 bits per heavy atom. The summed E-state index contributed by atoms with van der Waals surface area (Å²) in [5.74, 6) is -0.241. The Labute approximate surface area is 127 Å². The molecule has 1 aromatic carbocycles. The molecule has 0 saturated carbocycles. The average Bonchev–Trinajstić information content (AvgIpc) is 2.44. The molecule has 0 aliphatic rings. The summed E-state index contributed by atoms with van der Waals surface area (Å²) < 4.78 is 27.1. The van der Waals surface area contributed by atoms with Gasteiger partial charge in [-0.05, 0) is 44.4 Å². The first-order chi connectivity index (χ1) is 9.81. The van der Waals surface area contributed by atoms with Gasteiger partial charge in [0, 0.05) is 18.2 Å². The van der Waals surface area contributed by atoms with Gasteiger partial charge in [0.15, 0.2) is 0 Å². The molecule has 1 rings (SSSR count). The highest BCUT2D eigenvalue weighted by Gasteiger charge is 2.19. The van der Waals surface area contributed by atoms with Crippen molar-refractivity contribution in [2.24, 2.45) is 0 Å². The minimum absolute atomic E-state index is 0.120. The fraction of sp³-hybridized carbons (Fsp3) is 0.533. The number of aryl methyl sites for hydroxylation is 1. The van der Waals surface area contributed by atoms with Crippen LogP contribution < -0.4 is 10.0 Å². The molecule has 0 aliphatic carbocycles. The van der Waals surface area contributed by atoms with Gasteiger partial charge in [-0.2, -0.15) is 0 Å². The number of rotatable bonds is 7. The second-order valence-electron chi connectivity index (χ2n) is 5.16. The lowest BCUT2D eigenvalue weighted by atomic mass is 10.1. The molecule has 0 heterocycles. The largest absolute Gasteiger partial charge is 0.352 e. The van der Waals surface area contributed by atoms with Gasteiger partial charge in [0.25, 0.3) is 5.91 Å². The molecule has 0 bridgehead atoms. The van der Waals surface area contributed by atoms with E-state index in [2.05, 4.69) is 10.0 Å². The van der Waals surface area contributed by atoms with Crippen molar-refractivity contribution in [2.45, 2.75) is 51.5 Å². The fourth-order valence-corrected chi connectivity index (χ4v) is 3.12. The molecular formula is C15H24N2O3S. The van der Waals surface area contributed by atoms with Gasteiger partial charge < -0.3 is 5.32 Å². The van der Waals surface area contributed by atoms with Crippen molar-refractivity contribution in [3.05, 3.63) is 29.3 Å². The lowest BCUT2D eigenvalue weighted by Crippen LogP contribution is -2.32. The maximum absolute atomic E-state index is 12.3. The van der Waals surface area contributed by atoms with Gasteiger partial charge >= 0.3 is 0 Å². The number of sulfonamides is 1. The van der Waals surface area contributed by atoms with E-state index in [-0.39, 0.29) is 16.8 Å². The molecule has 0 saturated heterocycles. The SMILES string of the molecule is CCCNC(=O)c1cc(S(=O)(=O)N[C@H](C)CC)ccc1C. The molecule has 0 spiro atoms. The predicted molar refractivity (Wildman–Crippen MR) is 83.9 cm³/mol. The first-order valence-electron chi connectivity index (χ1n) is 7.23. The van der Waals surface area contributed by atoms with E-state index in [4.69, 9.17) is 0 Å². The second kappa shape index (κ2) is 7.56. The fourth-order valence-electron chi connectivity index (χ4n) is 1.76. The summed E-state index contributed by atoms with van der Waals surface area (Å²) in [6.45, 7) is 8.04. The van der Waals surface area contributed by atoms with Crippen molar-refractivity contribution in [1.29, 1.82) is 0 Å². The van der Waals surface area contributed by atoms with Crippen LogP contribution in [0.3, 0.4) is 0 Å². The summed E-state index contributed by atoms with van der Waals surface area (Å²) >= 11 is 0. The number of hydrogen-bond acceptors (Lipinski definition) is 3. The number of amides is 1. The van der Waals surface area contributed by atoms with Gasteiger partial charge in [0.1, 0.15) is 0 Å². The zero-order valence-electron chi connectivity index (χ0n) is 13.1. The number of nitrogens with one attached hydrogen (secondary N) is 2. The molecule has 0 aromatic heterocycles. The van der Waals surface area contributed by atoms with Crippen LogP contribution in [0.15, 0.2) is 23.1 Å². The predicted octanol–water partition coefficient (Wildman–Crippen LogP) is 2.21. The third kappa shape index (κ3) is 4.82. The molecule has 1 atom stereocenters. The van der Waals surface area contributed by atoms with Gasteiger partial charge in [-0.3, -0.25) is 4.79 Å². The zero-order valence-corrected chi connectivity index (χ0v) is 13.9. The number of benzene rings is 1. The van der Waals surface area contributed by atoms with Gasteiger partial charge in [0.05, 0.1) is 4.90 Å². The van der Waals surface area contributed by atoms with Crippen molar-refractivity contribution in [2.75, 3.05) is 6.54 Å². The van der Waals surface area contributed by atoms with E-state index in [0.29, 0.717) is 18.5 Å². The van der Waals surface area contributed by atoms with E-state index >= 15 is 0 Å². The molecule has 2 N–H and O–H groups in total. The van der Waals surface area contributed by atoms with Crippen LogP contribution in [0.25, 0.3) is 0 Å². The summed E-state index contributed by atoms with van der Waals surface area (Å²) in [6, 6.07) is 4.47. The highest BCUT2D eigenvalue weighted by molar-refractivity contribution is 7.89. The summed E-state index contributed by atoms with van der Waals surface area (Å²) in [7, 11) is -3.59. The molecule has 5 nitrogen and oxygen atoms in total. The van der Waals surface area contributed by atoms with Crippen molar-refractivity contribution in [3.8, 4) is 0 Å². The van der Waals surface area contributed by atoms with Crippen molar-refractivity contribution in [1.82, 2.24) is 10.0 Å². The van der Waals surface area contributed by atoms with E-state index in [0.717, 1.165) is 12.0 Å². The molecule has 1 amide bonds. The Bertz CT molecular complexity index is 597. The second-order valence-corrected chi connectivity index (χ2v) is 6.88. The third-order valence-electron chi connectivity index (χ3n) is 3.27. The Balaban J connectivity index is 3.09. The number of hydrogen-bond donors (Lipinski definition) is 2. The first-order valence-corrected chi connectivity index (χ1v) is 8.71. The zero-order chi connectivity index (χ0) is 16.0. The number of carbonyl (C=O) groups excluding carboxylic acids is 1. The maximum Gasteiger partial charge on any atom is 0.251 e. The van der Waals surface area contributed by atoms with Crippen LogP contribution in [-0.4, -0.2) is 26.9 Å². The highest BCUT2D eigenvalue weighted by Crippen LogP contribution is 2.16. The van der Waals surface area contributed by atoms with Gasteiger partial charge in [0.2, 0.25) is 10.0 Å². The molecule has 21 heavy (non-hydrogen) atoms. The number of carbonyl (C=O) groups is 1. The molecule has 0 aliphatic heterocycles. The van der Waals surface area contributed by atoms with Gasteiger partial charge in [-0.1, -0.05) is 19.9 Å². The summed E-state index contributed by atoms with van der Waals surface area (Å²) in [5.41, 5.74) is 1.15. The minimum atomic E-state index is -3.59. The molecule has 6 heteroatoms. The van der Waals surface area contributed by atoms with Crippen LogP contribution in [-0.2, 0) is 10.0 Å². The minimum Gasteiger partial charge on any atom is -0.352 e. The van der Waals surface area contributed by atoms with Crippen LogP contribution in [0.5, 0.6) is 0 Å². The Morgan fingerprint density at radius 1 is 1.29 bits per heavy atom. The van der Waals surface area contributed by atoms with Gasteiger partial charge in [-0.25, -0.2) is 13.1 Å². The van der Waals surface area contributed by atoms with E-state index in [1.54, 1.807) is 19.9 Å². The van der Waals surface area contributed by atoms with E-state index in [9.17, 15) is 13.2 Å². The topological polar surface area (TPSA) is 75.3 Å². The van der Waals surface area contributed by atoms with Crippen molar-refractivity contribution < 1.29 is 13.2 Å². The molecule has 0 fully saturated rings. The van der Waals surface area contributed by atoms with Crippen LogP contribution in [0.4, 0.5) is 0 Å². The quantitative estimate of drug-likeness (QED) is 0.810.